The van der Waals surface area contributed by atoms with Gasteiger partial charge in [-0.25, -0.2) is 14.5 Å². The first kappa shape index (κ1) is 21.7. The van der Waals surface area contributed by atoms with Crippen LogP contribution in [0, 0.1) is 0 Å². The van der Waals surface area contributed by atoms with E-state index in [1.807, 2.05) is 13.0 Å². The Morgan fingerprint density at radius 2 is 1.91 bits per heavy atom. The standard InChI is InChI=1S/C21H22N6O4S/c1-14(12-15-9-10-22-13-23-15)32(28)26-21-25-24-20(18-8-5-11-31-18)27(21)19-16(29-2)6-4-7-17(19)30-3/h4-11,13-14H,12H2,1-3H3,(H,25,26). The molecule has 166 valence electrons. The molecule has 2 unspecified atom stereocenters. The summed E-state index contributed by atoms with van der Waals surface area (Å²) in [7, 11) is 3.12. The van der Waals surface area contributed by atoms with Gasteiger partial charge >= 0.3 is 0 Å². The third-order valence-electron chi connectivity index (χ3n) is 4.73. The fraction of sp³-hybridized carbons (Fsp3) is 0.238. The van der Waals surface area contributed by atoms with E-state index >= 15 is 0 Å². The number of rotatable bonds is 9. The molecule has 32 heavy (non-hydrogen) atoms. The van der Waals surface area contributed by atoms with Crippen molar-refractivity contribution in [3.63, 3.8) is 0 Å². The third-order valence-corrected chi connectivity index (χ3v) is 6.01. The van der Waals surface area contributed by atoms with Crippen LogP contribution >= 0.6 is 0 Å². The van der Waals surface area contributed by atoms with Crippen molar-refractivity contribution in [3.05, 3.63) is 60.9 Å². The minimum absolute atomic E-state index is 0.257. The second kappa shape index (κ2) is 9.71. The molecule has 10 nitrogen and oxygen atoms in total. The zero-order valence-electron chi connectivity index (χ0n) is 17.8. The van der Waals surface area contributed by atoms with E-state index in [1.165, 1.54) is 6.33 Å². The van der Waals surface area contributed by atoms with E-state index in [0.29, 0.717) is 35.2 Å². The quantitative estimate of drug-likeness (QED) is 0.380. The van der Waals surface area contributed by atoms with Crippen LogP contribution in [-0.2, 0) is 17.8 Å². The van der Waals surface area contributed by atoms with Crippen LogP contribution in [0.2, 0.25) is 0 Å². The van der Waals surface area contributed by atoms with Gasteiger partial charge < -0.3 is 18.4 Å². The van der Waals surface area contributed by atoms with E-state index in [2.05, 4.69) is 24.9 Å². The highest BCUT2D eigenvalue weighted by Gasteiger charge is 2.28. The number of hydrogen-bond acceptors (Lipinski definition) is 9. The first-order valence-electron chi connectivity index (χ1n) is 9.75. The number of ether oxygens (including phenoxy) is 2. The molecular formula is C21H22N6O4S. The third kappa shape index (κ3) is 4.39. The van der Waals surface area contributed by atoms with Gasteiger partial charge in [-0.1, -0.05) is 6.07 Å². The second-order valence-corrected chi connectivity index (χ2v) is 8.39. The molecular weight excluding hydrogens is 432 g/mol. The zero-order valence-corrected chi connectivity index (χ0v) is 18.6. The van der Waals surface area contributed by atoms with Crippen LogP contribution in [0.25, 0.3) is 17.3 Å². The summed E-state index contributed by atoms with van der Waals surface area (Å²) in [5.41, 5.74) is 1.35. The van der Waals surface area contributed by atoms with Crippen molar-refractivity contribution in [2.45, 2.75) is 18.6 Å². The highest BCUT2D eigenvalue weighted by atomic mass is 32.2. The van der Waals surface area contributed by atoms with Crippen molar-refractivity contribution in [1.29, 1.82) is 0 Å². The van der Waals surface area contributed by atoms with Crippen LogP contribution in [0.15, 0.2) is 59.6 Å². The Morgan fingerprint density at radius 1 is 1.12 bits per heavy atom. The minimum atomic E-state index is -1.50. The molecule has 0 radical (unpaired) electrons. The summed E-state index contributed by atoms with van der Waals surface area (Å²) in [5, 5.41) is 8.25. The number of para-hydroxylation sites is 1. The Labute approximate surface area is 187 Å². The van der Waals surface area contributed by atoms with Gasteiger partial charge in [0, 0.05) is 18.3 Å². The van der Waals surface area contributed by atoms with E-state index in [1.54, 1.807) is 61.6 Å². The molecule has 3 aromatic heterocycles. The Balaban J connectivity index is 1.73. The fourth-order valence-corrected chi connectivity index (χ4v) is 4.01. The summed E-state index contributed by atoms with van der Waals surface area (Å²) < 4.78 is 34.4. The Hall–Kier alpha value is -3.57. The summed E-state index contributed by atoms with van der Waals surface area (Å²) in [5.74, 6) is 2.20. The molecule has 0 aliphatic heterocycles. The van der Waals surface area contributed by atoms with Gasteiger partial charge in [-0.05, 0) is 37.3 Å². The van der Waals surface area contributed by atoms with Crippen LogP contribution in [0.3, 0.4) is 0 Å². The number of furan rings is 1. The maximum atomic E-state index is 13.1. The number of hydrogen-bond donors (Lipinski definition) is 1. The predicted molar refractivity (Wildman–Crippen MR) is 119 cm³/mol. The molecule has 11 heteroatoms. The lowest BCUT2D eigenvalue weighted by molar-refractivity contribution is 0.391. The van der Waals surface area contributed by atoms with Crippen molar-refractivity contribution >= 4 is 17.3 Å². The molecule has 0 saturated carbocycles. The largest absolute Gasteiger partial charge is 0.593 e. The molecule has 0 aliphatic rings. The predicted octanol–water partition coefficient (Wildman–Crippen LogP) is 3.04. The molecule has 0 aliphatic carbocycles. The lowest BCUT2D eigenvalue weighted by atomic mass is 10.2. The number of nitrogens with zero attached hydrogens (tertiary/aromatic N) is 5. The number of methoxy groups -OCH3 is 2. The Bertz CT molecular complexity index is 1130. The molecule has 0 fully saturated rings. The average molecular weight is 455 g/mol. The van der Waals surface area contributed by atoms with Crippen molar-refractivity contribution in [1.82, 2.24) is 24.7 Å². The average Bonchev–Trinajstić information content (AvgIpc) is 3.49. The van der Waals surface area contributed by atoms with Crippen LogP contribution in [-0.4, -0.2) is 48.8 Å². The second-order valence-electron chi connectivity index (χ2n) is 6.79. The number of nitrogens with one attached hydrogen (secondary N) is 1. The molecule has 0 saturated heterocycles. The summed E-state index contributed by atoms with van der Waals surface area (Å²) >= 11 is -1.50. The first-order chi connectivity index (χ1) is 15.6. The highest BCUT2D eigenvalue weighted by molar-refractivity contribution is 7.93. The summed E-state index contributed by atoms with van der Waals surface area (Å²) in [6, 6.07) is 10.7. The maximum absolute atomic E-state index is 13.1. The van der Waals surface area contributed by atoms with Gasteiger partial charge in [-0.3, -0.25) is 0 Å². The monoisotopic (exact) mass is 454 g/mol. The summed E-state index contributed by atoms with van der Waals surface area (Å²) in [6.45, 7) is 1.86. The zero-order chi connectivity index (χ0) is 22.5. The van der Waals surface area contributed by atoms with Gasteiger partial charge in [0.1, 0.15) is 28.8 Å². The summed E-state index contributed by atoms with van der Waals surface area (Å²) in [6.07, 6.45) is 5.17. The molecule has 4 rings (SSSR count). The lowest BCUT2D eigenvalue weighted by Gasteiger charge is -2.20. The van der Waals surface area contributed by atoms with E-state index < -0.39 is 11.4 Å². The molecule has 2 atom stereocenters. The minimum Gasteiger partial charge on any atom is -0.593 e. The Morgan fingerprint density at radius 3 is 2.53 bits per heavy atom. The molecule has 0 bridgehead atoms. The van der Waals surface area contributed by atoms with Crippen molar-refractivity contribution in [2.24, 2.45) is 0 Å². The van der Waals surface area contributed by atoms with Gasteiger partial charge in [-0.15, -0.1) is 10.2 Å². The smallest absolute Gasteiger partial charge is 0.271 e. The Kier molecular flexibility index (Phi) is 6.57. The van der Waals surface area contributed by atoms with Crippen LogP contribution in [0.1, 0.15) is 12.6 Å². The van der Waals surface area contributed by atoms with Gasteiger partial charge in [0.25, 0.3) is 5.95 Å². The maximum Gasteiger partial charge on any atom is 0.271 e. The summed E-state index contributed by atoms with van der Waals surface area (Å²) in [4.78, 5) is 8.12. The normalized spacial score (nSPS) is 12.9. The van der Waals surface area contributed by atoms with Gasteiger partial charge in [0.15, 0.2) is 5.76 Å². The van der Waals surface area contributed by atoms with Crippen molar-refractivity contribution in [3.8, 4) is 28.8 Å². The molecule has 4 aromatic rings. The number of anilines is 1. The topological polar surface area (TPSA) is 123 Å². The number of aromatic nitrogens is 5. The fourth-order valence-electron chi connectivity index (χ4n) is 3.18. The van der Waals surface area contributed by atoms with E-state index in [0.717, 1.165) is 5.69 Å². The van der Waals surface area contributed by atoms with Gasteiger partial charge in [0.05, 0.1) is 31.8 Å². The van der Waals surface area contributed by atoms with E-state index in [-0.39, 0.29) is 11.2 Å². The van der Waals surface area contributed by atoms with Crippen LogP contribution in [0.4, 0.5) is 5.95 Å². The SMILES string of the molecule is COc1cccc(OC)c1-n1c(N[S+]([O-])C(C)Cc2ccncn2)nnc1-c1ccco1. The van der Waals surface area contributed by atoms with Crippen LogP contribution < -0.4 is 14.2 Å². The molecule has 1 N–H and O–H groups in total. The molecule has 3 heterocycles. The molecule has 0 spiro atoms. The van der Waals surface area contributed by atoms with E-state index in [4.69, 9.17) is 13.9 Å². The highest BCUT2D eigenvalue weighted by Crippen LogP contribution is 2.37. The van der Waals surface area contributed by atoms with Crippen molar-refractivity contribution < 1.29 is 18.4 Å². The lowest BCUT2D eigenvalue weighted by Crippen LogP contribution is -2.29. The van der Waals surface area contributed by atoms with E-state index in [9.17, 15) is 4.55 Å². The van der Waals surface area contributed by atoms with Crippen LogP contribution in [0.5, 0.6) is 11.5 Å². The van der Waals surface area contributed by atoms with Crippen molar-refractivity contribution in [2.75, 3.05) is 18.9 Å². The first-order valence-corrected chi connectivity index (χ1v) is 11.0. The molecule has 1 aromatic carbocycles. The van der Waals surface area contributed by atoms with Gasteiger partial charge in [-0.2, -0.15) is 4.72 Å². The number of benzene rings is 1. The molecule has 0 amide bonds. The van der Waals surface area contributed by atoms with Gasteiger partial charge in [0.2, 0.25) is 5.82 Å².